The largest absolute Gasteiger partial charge is 0.388 e. The highest BCUT2D eigenvalue weighted by molar-refractivity contribution is 6.17. The number of alkyl halides is 1. The van der Waals surface area contributed by atoms with Gasteiger partial charge in [0, 0.05) is 13.0 Å². The van der Waals surface area contributed by atoms with Crippen LogP contribution in [0.15, 0.2) is 0 Å². The lowest BCUT2D eigenvalue weighted by Crippen LogP contribution is -2.58. The van der Waals surface area contributed by atoms with Crippen molar-refractivity contribution in [1.82, 2.24) is 0 Å². The average molecular weight is 241 g/mol. The number of aliphatic hydroxyl groups excluding tert-OH is 2. The molecule has 0 bridgehead atoms. The molecule has 2 N–H and O–H groups in total. The van der Waals surface area contributed by atoms with E-state index < -0.39 is 30.7 Å². The highest BCUT2D eigenvalue weighted by Gasteiger charge is 2.43. The molecule has 5 nitrogen and oxygen atoms in total. The number of ether oxygens (including phenoxy) is 3. The van der Waals surface area contributed by atoms with E-state index in [0.29, 0.717) is 5.88 Å². The first kappa shape index (κ1) is 13.2. The average Bonchev–Trinajstić information content (AvgIpc) is 2.23. The molecule has 1 saturated heterocycles. The Morgan fingerprint density at radius 1 is 1.33 bits per heavy atom. The number of aliphatic hydroxyl groups is 2. The van der Waals surface area contributed by atoms with E-state index >= 15 is 0 Å². The van der Waals surface area contributed by atoms with Crippen LogP contribution < -0.4 is 0 Å². The van der Waals surface area contributed by atoms with Gasteiger partial charge in [-0.2, -0.15) is 0 Å². The lowest BCUT2D eigenvalue weighted by Gasteiger charge is -2.40. The summed E-state index contributed by atoms with van der Waals surface area (Å²) in [6.45, 7) is 1.96. The van der Waals surface area contributed by atoms with Crippen molar-refractivity contribution < 1.29 is 24.4 Å². The number of hydrogen-bond acceptors (Lipinski definition) is 5. The summed E-state index contributed by atoms with van der Waals surface area (Å²) in [6.07, 6.45) is -3.83. The number of hydrogen-bond donors (Lipinski definition) is 2. The van der Waals surface area contributed by atoms with Gasteiger partial charge in [-0.3, -0.25) is 0 Å². The molecule has 0 aromatic heterocycles. The van der Waals surface area contributed by atoms with E-state index in [-0.39, 0.29) is 6.61 Å². The van der Waals surface area contributed by atoms with Crippen molar-refractivity contribution in [2.75, 3.05) is 19.6 Å². The maximum absolute atomic E-state index is 9.77. The van der Waals surface area contributed by atoms with E-state index in [4.69, 9.17) is 25.8 Å². The number of methoxy groups -OCH3 is 1. The minimum Gasteiger partial charge on any atom is -0.388 e. The summed E-state index contributed by atoms with van der Waals surface area (Å²) in [5.74, 6) is 0.308. The predicted molar refractivity (Wildman–Crippen MR) is 53.8 cm³/mol. The van der Waals surface area contributed by atoms with E-state index in [9.17, 15) is 10.2 Å². The van der Waals surface area contributed by atoms with E-state index in [1.54, 1.807) is 6.92 Å². The van der Waals surface area contributed by atoms with Gasteiger partial charge in [0.25, 0.3) is 0 Å². The van der Waals surface area contributed by atoms with Gasteiger partial charge in [-0.05, 0) is 6.92 Å². The van der Waals surface area contributed by atoms with Crippen molar-refractivity contribution in [1.29, 1.82) is 0 Å². The molecule has 1 rings (SSSR count). The maximum atomic E-state index is 9.77. The van der Waals surface area contributed by atoms with Crippen LogP contribution in [0.3, 0.4) is 0 Å². The molecule has 0 amide bonds. The van der Waals surface area contributed by atoms with Crippen LogP contribution in [-0.4, -0.2) is 60.5 Å². The standard InChI is InChI=1S/C9H17ClO5/c1-5-6(11)8(14-4-3-10)7(12)9(13-2)15-5/h5-9,11-12H,3-4H2,1-2H3/t5-,6-,7+,8+,9+/m0/s1. The summed E-state index contributed by atoms with van der Waals surface area (Å²) in [6, 6.07) is 0. The first-order valence-electron chi connectivity index (χ1n) is 4.83. The van der Waals surface area contributed by atoms with Crippen LogP contribution in [0.5, 0.6) is 0 Å². The van der Waals surface area contributed by atoms with Crippen molar-refractivity contribution in [2.24, 2.45) is 0 Å². The fourth-order valence-corrected chi connectivity index (χ4v) is 1.66. The number of halogens is 1. The molecule has 0 unspecified atom stereocenters. The molecule has 1 fully saturated rings. The molecular weight excluding hydrogens is 224 g/mol. The number of rotatable bonds is 4. The van der Waals surface area contributed by atoms with E-state index in [2.05, 4.69) is 0 Å². The zero-order valence-electron chi connectivity index (χ0n) is 8.80. The van der Waals surface area contributed by atoms with Gasteiger partial charge in [-0.1, -0.05) is 0 Å². The summed E-state index contributed by atoms with van der Waals surface area (Å²) in [7, 11) is 1.43. The fourth-order valence-electron chi connectivity index (χ4n) is 1.57. The van der Waals surface area contributed by atoms with Gasteiger partial charge in [-0.25, -0.2) is 0 Å². The van der Waals surface area contributed by atoms with E-state index in [0.717, 1.165) is 0 Å². The fraction of sp³-hybridized carbons (Fsp3) is 1.00. The molecule has 90 valence electrons. The van der Waals surface area contributed by atoms with Gasteiger partial charge in [0.2, 0.25) is 0 Å². The summed E-state index contributed by atoms with van der Waals surface area (Å²) in [4.78, 5) is 0. The molecule has 0 aliphatic carbocycles. The van der Waals surface area contributed by atoms with Gasteiger partial charge < -0.3 is 24.4 Å². The second-order valence-corrected chi connectivity index (χ2v) is 3.83. The molecule has 6 heteroatoms. The van der Waals surface area contributed by atoms with Gasteiger partial charge in [0.05, 0.1) is 12.7 Å². The maximum Gasteiger partial charge on any atom is 0.186 e. The summed E-state index contributed by atoms with van der Waals surface area (Å²) in [5, 5.41) is 19.5. The monoisotopic (exact) mass is 240 g/mol. The second kappa shape index (κ2) is 5.98. The Bertz CT molecular complexity index is 191. The predicted octanol–water partition coefficient (Wildman–Crippen LogP) is -0.277. The van der Waals surface area contributed by atoms with Gasteiger partial charge in [0.15, 0.2) is 6.29 Å². The van der Waals surface area contributed by atoms with Crippen LogP contribution in [0, 0.1) is 0 Å². The lowest BCUT2D eigenvalue weighted by atomic mass is 10.00. The van der Waals surface area contributed by atoms with Crippen LogP contribution in [-0.2, 0) is 14.2 Å². The van der Waals surface area contributed by atoms with Crippen molar-refractivity contribution in [2.45, 2.75) is 37.6 Å². The normalized spacial score (nSPS) is 41.8. The SMILES string of the molecule is CO[C@@H]1O[C@@H](C)[C@H](O)[C@@H](OCCCl)[C@H]1O. The third kappa shape index (κ3) is 3.03. The molecule has 0 radical (unpaired) electrons. The van der Waals surface area contributed by atoms with Crippen LogP contribution in [0.2, 0.25) is 0 Å². The molecule has 1 aliphatic heterocycles. The van der Waals surface area contributed by atoms with E-state index in [1.165, 1.54) is 7.11 Å². The zero-order valence-corrected chi connectivity index (χ0v) is 9.55. The van der Waals surface area contributed by atoms with Crippen LogP contribution in [0.25, 0.3) is 0 Å². The Kier molecular flexibility index (Phi) is 5.25. The van der Waals surface area contributed by atoms with Crippen molar-refractivity contribution in [3.8, 4) is 0 Å². The summed E-state index contributed by atoms with van der Waals surface area (Å²) < 4.78 is 15.4. The quantitative estimate of drug-likeness (QED) is 0.662. The molecule has 1 aliphatic rings. The lowest BCUT2D eigenvalue weighted by molar-refractivity contribution is -0.293. The Hall–Kier alpha value is 0.0900. The molecule has 1 heterocycles. The van der Waals surface area contributed by atoms with Gasteiger partial charge in [0.1, 0.15) is 18.3 Å². The summed E-state index contributed by atoms with van der Waals surface area (Å²) >= 11 is 5.47. The minimum absolute atomic E-state index is 0.267. The second-order valence-electron chi connectivity index (χ2n) is 3.45. The topological polar surface area (TPSA) is 68.2 Å². The first-order chi connectivity index (χ1) is 7.11. The molecule has 0 aromatic carbocycles. The molecule has 0 spiro atoms. The third-order valence-corrected chi connectivity index (χ3v) is 2.56. The first-order valence-corrected chi connectivity index (χ1v) is 5.37. The Morgan fingerprint density at radius 3 is 2.53 bits per heavy atom. The van der Waals surface area contributed by atoms with E-state index in [1.807, 2.05) is 0 Å². The smallest absolute Gasteiger partial charge is 0.186 e. The Morgan fingerprint density at radius 2 is 2.00 bits per heavy atom. The molecular formula is C9H17ClO5. The molecule has 5 atom stereocenters. The molecule has 15 heavy (non-hydrogen) atoms. The van der Waals surface area contributed by atoms with Crippen molar-refractivity contribution in [3.05, 3.63) is 0 Å². The zero-order chi connectivity index (χ0) is 11.4. The van der Waals surface area contributed by atoms with Crippen molar-refractivity contribution >= 4 is 11.6 Å². The van der Waals surface area contributed by atoms with Crippen LogP contribution in [0.1, 0.15) is 6.92 Å². The van der Waals surface area contributed by atoms with Crippen LogP contribution in [0.4, 0.5) is 0 Å². The highest BCUT2D eigenvalue weighted by atomic mass is 35.5. The molecule has 0 aromatic rings. The van der Waals surface area contributed by atoms with Crippen LogP contribution >= 0.6 is 11.6 Å². The Labute approximate surface area is 93.9 Å². The minimum atomic E-state index is -1.01. The van der Waals surface area contributed by atoms with Gasteiger partial charge >= 0.3 is 0 Å². The van der Waals surface area contributed by atoms with Crippen molar-refractivity contribution in [3.63, 3.8) is 0 Å². The third-order valence-electron chi connectivity index (χ3n) is 2.40. The highest BCUT2D eigenvalue weighted by Crippen LogP contribution is 2.23. The summed E-state index contributed by atoms with van der Waals surface area (Å²) in [5.41, 5.74) is 0. The van der Waals surface area contributed by atoms with Gasteiger partial charge in [-0.15, -0.1) is 11.6 Å². The molecule has 0 saturated carbocycles. The Balaban J connectivity index is 2.62.